The second-order valence-corrected chi connectivity index (χ2v) is 7.08. The summed E-state index contributed by atoms with van der Waals surface area (Å²) in [6.45, 7) is 7.85. The molecule has 0 radical (unpaired) electrons. The average molecular weight is 524 g/mol. The number of hydrogen-bond acceptors (Lipinski definition) is 3. The zero-order valence-corrected chi connectivity index (χ0v) is 20.3. The second kappa shape index (κ2) is 13.2. The van der Waals surface area contributed by atoms with Crippen LogP contribution in [0.2, 0.25) is 0 Å². The van der Waals surface area contributed by atoms with Crippen LogP contribution in [0.3, 0.4) is 0 Å². The number of nitrogens with zero attached hydrogens (tertiary/aromatic N) is 2. The monoisotopic (exact) mass is 524 g/mol. The fourth-order valence-corrected chi connectivity index (χ4v) is 2.92. The molecule has 1 unspecified atom stereocenters. The van der Waals surface area contributed by atoms with Crippen molar-refractivity contribution in [1.82, 2.24) is 15.5 Å². The van der Waals surface area contributed by atoms with Crippen molar-refractivity contribution in [2.24, 2.45) is 4.99 Å². The third kappa shape index (κ3) is 8.31. The first-order chi connectivity index (χ1) is 14.0. The molecule has 164 valence electrons. The Bertz CT molecular complexity index is 782. The molecular weight excluding hydrogens is 491 g/mol. The Kier molecular flexibility index (Phi) is 11.4. The third-order valence-electron chi connectivity index (χ3n) is 4.66. The quantitative estimate of drug-likeness (QED) is 0.268. The summed E-state index contributed by atoms with van der Waals surface area (Å²) in [7, 11) is 0. The SMILES string of the molecule is CCNC(=NCC(=O)N(CC)Cc1ccccc1)NCC(C)(O)c1ccccc1.I. The van der Waals surface area contributed by atoms with Gasteiger partial charge in [0.1, 0.15) is 12.1 Å². The van der Waals surface area contributed by atoms with E-state index in [0.717, 1.165) is 11.1 Å². The lowest BCUT2D eigenvalue weighted by Gasteiger charge is -2.25. The standard InChI is InChI=1S/C23H32N4O2.HI/c1-4-24-22(26-18-23(3,29)20-14-10-7-11-15-20)25-16-21(28)27(5-2)17-19-12-8-6-9-13-19;/h6-15,29H,4-5,16-18H2,1-3H3,(H2,24,25,26);1H. The summed E-state index contributed by atoms with van der Waals surface area (Å²) in [5.74, 6) is 0.469. The van der Waals surface area contributed by atoms with E-state index in [0.29, 0.717) is 25.6 Å². The van der Waals surface area contributed by atoms with Gasteiger partial charge < -0.3 is 20.6 Å². The lowest BCUT2D eigenvalue weighted by molar-refractivity contribution is -0.130. The Balaban J connectivity index is 0.00000450. The number of carbonyl (C=O) groups excluding carboxylic acids is 1. The molecule has 30 heavy (non-hydrogen) atoms. The summed E-state index contributed by atoms with van der Waals surface area (Å²) < 4.78 is 0. The van der Waals surface area contributed by atoms with E-state index in [1.54, 1.807) is 11.8 Å². The van der Waals surface area contributed by atoms with Gasteiger partial charge in [0, 0.05) is 19.6 Å². The van der Waals surface area contributed by atoms with Crippen LogP contribution in [0, 0.1) is 0 Å². The maximum Gasteiger partial charge on any atom is 0.244 e. The highest BCUT2D eigenvalue weighted by Crippen LogP contribution is 2.18. The van der Waals surface area contributed by atoms with Gasteiger partial charge in [-0.15, -0.1) is 24.0 Å². The van der Waals surface area contributed by atoms with Crippen LogP contribution >= 0.6 is 24.0 Å². The number of halogens is 1. The molecule has 0 aromatic heterocycles. The van der Waals surface area contributed by atoms with Gasteiger partial charge >= 0.3 is 0 Å². The number of nitrogens with one attached hydrogen (secondary N) is 2. The maximum absolute atomic E-state index is 12.6. The molecule has 0 saturated heterocycles. The van der Waals surface area contributed by atoms with E-state index < -0.39 is 5.60 Å². The van der Waals surface area contributed by atoms with Gasteiger partial charge in [0.25, 0.3) is 0 Å². The molecule has 2 aromatic rings. The fraction of sp³-hybridized carbons (Fsp3) is 0.391. The number of aliphatic imine (C=N–C) groups is 1. The van der Waals surface area contributed by atoms with E-state index in [1.165, 1.54) is 0 Å². The number of hydrogen-bond donors (Lipinski definition) is 3. The summed E-state index contributed by atoms with van der Waals surface area (Å²) in [6, 6.07) is 19.4. The number of guanidine groups is 1. The second-order valence-electron chi connectivity index (χ2n) is 7.08. The predicted molar refractivity (Wildman–Crippen MR) is 133 cm³/mol. The maximum atomic E-state index is 12.6. The average Bonchev–Trinajstić information content (AvgIpc) is 2.75. The van der Waals surface area contributed by atoms with Crippen molar-refractivity contribution in [2.45, 2.75) is 32.9 Å². The first kappa shape index (κ1) is 25.9. The molecule has 1 atom stereocenters. The molecule has 0 bridgehead atoms. The van der Waals surface area contributed by atoms with Crippen LogP contribution in [0.15, 0.2) is 65.7 Å². The van der Waals surface area contributed by atoms with Crippen molar-refractivity contribution in [3.63, 3.8) is 0 Å². The van der Waals surface area contributed by atoms with E-state index in [4.69, 9.17) is 0 Å². The van der Waals surface area contributed by atoms with E-state index in [9.17, 15) is 9.90 Å². The lowest BCUT2D eigenvalue weighted by atomic mass is 9.96. The molecule has 2 rings (SSSR count). The summed E-state index contributed by atoms with van der Waals surface area (Å²) >= 11 is 0. The van der Waals surface area contributed by atoms with Crippen molar-refractivity contribution in [3.8, 4) is 0 Å². The van der Waals surface area contributed by atoms with Crippen LogP contribution in [-0.2, 0) is 16.9 Å². The third-order valence-corrected chi connectivity index (χ3v) is 4.66. The van der Waals surface area contributed by atoms with Gasteiger partial charge in [-0.3, -0.25) is 4.79 Å². The Labute approximate surface area is 196 Å². The zero-order chi connectivity index (χ0) is 21.1. The van der Waals surface area contributed by atoms with Gasteiger partial charge in [0.2, 0.25) is 5.91 Å². The highest BCUT2D eigenvalue weighted by molar-refractivity contribution is 14.0. The van der Waals surface area contributed by atoms with Gasteiger partial charge in [-0.2, -0.15) is 0 Å². The summed E-state index contributed by atoms with van der Waals surface area (Å²) in [4.78, 5) is 18.8. The minimum atomic E-state index is -1.05. The van der Waals surface area contributed by atoms with Crippen LogP contribution < -0.4 is 10.6 Å². The van der Waals surface area contributed by atoms with Gasteiger partial charge in [-0.1, -0.05) is 60.7 Å². The van der Waals surface area contributed by atoms with Gasteiger partial charge in [0.05, 0.1) is 6.54 Å². The number of likely N-dealkylation sites (N-methyl/N-ethyl adjacent to an activating group) is 1. The van der Waals surface area contributed by atoms with E-state index in [-0.39, 0.29) is 43.0 Å². The molecule has 2 aromatic carbocycles. The molecule has 0 fully saturated rings. The van der Waals surface area contributed by atoms with Crippen LogP contribution in [0.25, 0.3) is 0 Å². The molecule has 0 saturated carbocycles. The Morgan fingerprint density at radius 3 is 2.20 bits per heavy atom. The van der Waals surface area contributed by atoms with Gasteiger partial charge in [-0.05, 0) is 31.9 Å². The van der Waals surface area contributed by atoms with Crippen molar-refractivity contribution in [1.29, 1.82) is 0 Å². The van der Waals surface area contributed by atoms with Crippen LogP contribution in [0.4, 0.5) is 0 Å². The number of amides is 1. The molecule has 0 heterocycles. The summed E-state index contributed by atoms with van der Waals surface area (Å²) in [5, 5.41) is 17.0. The molecule has 0 spiro atoms. The summed E-state index contributed by atoms with van der Waals surface area (Å²) in [6.07, 6.45) is 0. The predicted octanol–water partition coefficient (Wildman–Crippen LogP) is 3.12. The molecule has 1 amide bonds. The number of aliphatic hydroxyl groups is 1. The molecule has 6 nitrogen and oxygen atoms in total. The fourth-order valence-electron chi connectivity index (χ4n) is 2.92. The topological polar surface area (TPSA) is 77.0 Å². The Morgan fingerprint density at radius 2 is 1.63 bits per heavy atom. The number of benzene rings is 2. The minimum absolute atomic E-state index is 0. The summed E-state index contributed by atoms with van der Waals surface area (Å²) in [5.41, 5.74) is 0.861. The van der Waals surface area contributed by atoms with E-state index >= 15 is 0 Å². The van der Waals surface area contributed by atoms with E-state index in [2.05, 4.69) is 15.6 Å². The van der Waals surface area contributed by atoms with E-state index in [1.807, 2.05) is 74.5 Å². The van der Waals surface area contributed by atoms with Gasteiger partial charge in [0.15, 0.2) is 5.96 Å². The first-order valence-electron chi connectivity index (χ1n) is 10.1. The smallest absolute Gasteiger partial charge is 0.244 e. The molecule has 7 heteroatoms. The minimum Gasteiger partial charge on any atom is -0.384 e. The first-order valence-corrected chi connectivity index (χ1v) is 10.1. The highest BCUT2D eigenvalue weighted by atomic mass is 127. The van der Waals surface area contributed by atoms with Gasteiger partial charge in [-0.25, -0.2) is 4.99 Å². The van der Waals surface area contributed by atoms with Crippen LogP contribution in [0.1, 0.15) is 31.9 Å². The van der Waals surface area contributed by atoms with Crippen LogP contribution in [-0.4, -0.2) is 48.1 Å². The molecule has 0 aliphatic heterocycles. The van der Waals surface area contributed by atoms with Crippen molar-refractivity contribution in [3.05, 3.63) is 71.8 Å². The van der Waals surface area contributed by atoms with Crippen molar-refractivity contribution in [2.75, 3.05) is 26.2 Å². The zero-order valence-electron chi connectivity index (χ0n) is 18.0. The largest absolute Gasteiger partial charge is 0.384 e. The Hall–Kier alpha value is -2.13. The van der Waals surface area contributed by atoms with Crippen molar-refractivity contribution >= 4 is 35.8 Å². The van der Waals surface area contributed by atoms with Crippen LogP contribution in [0.5, 0.6) is 0 Å². The highest BCUT2D eigenvalue weighted by Gasteiger charge is 2.23. The molecule has 0 aliphatic rings. The molecule has 0 aliphatic carbocycles. The van der Waals surface area contributed by atoms with Crippen molar-refractivity contribution < 1.29 is 9.90 Å². The lowest BCUT2D eigenvalue weighted by Crippen LogP contribution is -2.45. The molecular formula is C23H33IN4O2. The number of rotatable bonds is 9. The Morgan fingerprint density at radius 1 is 1.03 bits per heavy atom. The molecule has 3 N–H and O–H groups in total. The number of carbonyl (C=O) groups is 1. The normalized spacial score (nSPS) is 13.0.